The van der Waals surface area contributed by atoms with Crippen molar-refractivity contribution in [1.29, 1.82) is 0 Å². The first-order valence-corrected chi connectivity index (χ1v) is 9.63. The van der Waals surface area contributed by atoms with Gasteiger partial charge in [0.05, 0.1) is 5.69 Å². The third kappa shape index (κ3) is 5.94. The zero-order valence-electron chi connectivity index (χ0n) is 16.8. The van der Waals surface area contributed by atoms with Gasteiger partial charge < -0.3 is 10.6 Å². The fraction of sp³-hybridized carbons (Fsp3) is 0.476. The van der Waals surface area contributed by atoms with Crippen molar-refractivity contribution in [3.63, 3.8) is 0 Å². The van der Waals surface area contributed by atoms with E-state index in [4.69, 9.17) is 0 Å². The lowest BCUT2D eigenvalue weighted by atomic mass is 10.1. The molecule has 0 unspecified atom stereocenters. The Kier molecular flexibility index (Phi) is 7.58. The fourth-order valence-electron chi connectivity index (χ4n) is 3.01. The third-order valence-corrected chi connectivity index (χ3v) is 4.63. The Balaban J connectivity index is 1.80. The predicted molar refractivity (Wildman–Crippen MR) is 108 cm³/mol. The molecular weight excluding hydrogens is 340 g/mol. The second-order valence-electron chi connectivity index (χ2n) is 6.75. The minimum atomic E-state index is -0.151. The largest absolute Gasteiger partial charge is 0.352 e. The van der Waals surface area contributed by atoms with Crippen LogP contribution in [-0.4, -0.2) is 21.6 Å². The van der Waals surface area contributed by atoms with Crippen LogP contribution < -0.4 is 10.6 Å². The highest BCUT2D eigenvalue weighted by atomic mass is 16.2. The van der Waals surface area contributed by atoms with E-state index < -0.39 is 0 Å². The van der Waals surface area contributed by atoms with Crippen LogP contribution in [0.2, 0.25) is 0 Å². The molecule has 2 aromatic rings. The van der Waals surface area contributed by atoms with Gasteiger partial charge in [-0.2, -0.15) is 5.10 Å². The summed E-state index contributed by atoms with van der Waals surface area (Å²) < 4.78 is 1.98. The maximum Gasteiger partial charge on any atom is 0.224 e. The quantitative estimate of drug-likeness (QED) is 0.709. The minimum Gasteiger partial charge on any atom is -0.352 e. The van der Waals surface area contributed by atoms with Crippen molar-refractivity contribution in [3.05, 3.63) is 46.8 Å². The Labute approximate surface area is 161 Å². The van der Waals surface area contributed by atoms with E-state index in [0.717, 1.165) is 42.0 Å². The summed E-state index contributed by atoms with van der Waals surface area (Å²) in [7, 11) is 0. The van der Waals surface area contributed by atoms with E-state index >= 15 is 0 Å². The van der Waals surface area contributed by atoms with Crippen LogP contribution in [0.5, 0.6) is 0 Å². The molecule has 146 valence electrons. The van der Waals surface area contributed by atoms with Crippen molar-refractivity contribution < 1.29 is 9.59 Å². The standard InChI is InChI=1S/C21H30N4O2/c1-5-12-25-16(4)19(15(3)24-25)14-22-20(26)10-11-21(27)23-18-9-7-8-17(6-2)13-18/h7-9,13H,5-6,10-12,14H2,1-4H3,(H,22,26)(H,23,27). The first-order chi connectivity index (χ1) is 12.9. The van der Waals surface area contributed by atoms with Gasteiger partial charge in [-0.3, -0.25) is 14.3 Å². The first kappa shape index (κ1) is 20.7. The molecule has 0 spiro atoms. The maximum atomic E-state index is 12.1. The number of hydrogen-bond donors (Lipinski definition) is 2. The molecule has 6 nitrogen and oxygen atoms in total. The van der Waals surface area contributed by atoms with Crippen LogP contribution >= 0.6 is 0 Å². The number of hydrogen-bond acceptors (Lipinski definition) is 3. The number of aryl methyl sites for hydroxylation is 3. The zero-order valence-corrected chi connectivity index (χ0v) is 16.8. The lowest BCUT2D eigenvalue weighted by Gasteiger charge is -2.08. The van der Waals surface area contributed by atoms with Gasteiger partial charge in [-0.1, -0.05) is 26.0 Å². The van der Waals surface area contributed by atoms with Crippen LogP contribution in [0, 0.1) is 13.8 Å². The summed E-state index contributed by atoms with van der Waals surface area (Å²) >= 11 is 0. The number of carbonyl (C=O) groups excluding carboxylic acids is 2. The van der Waals surface area contributed by atoms with Gasteiger partial charge in [0.25, 0.3) is 0 Å². The number of nitrogens with one attached hydrogen (secondary N) is 2. The van der Waals surface area contributed by atoms with E-state index in [1.807, 2.05) is 42.8 Å². The number of rotatable bonds is 9. The summed E-state index contributed by atoms with van der Waals surface area (Å²) in [6.07, 6.45) is 2.26. The Hall–Kier alpha value is -2.63. The molecular formula is C21H30N4O2. The molecule has 6 heteroatoms. The van der Waals surface area contributed by atoms with Crippen LogP contribution in [0.15, 0.2) is 24.3 Å². The second kappa shape index (κ2) is 9.90. The van der Waals surface area contributed by atoms with Gasteiger partial charge in [-0.15, -0.1) is 0 Å². The van der Waals surface area contributed by atoms with E-state index in [-0.39, 0.29) is 24.7 Å². The van der Waals surface area contributed by atoms with E-state index in [0.29, 0.717) is 6.54 Å². The highest BCUT2D eigenvalue weighted by molar-refractivity contribution is 5.93. The molecule has 2 rings (SSSR count). The number of nitrogens with zero attached hydrogens (tertiary/aromatic N) is 2. The minimum absolute atomic E-state index is 0.130. The van der Waals surface area contributed by atoms with Crippen LogP contribution in [0.1, 0.15) is 55.6 Å². The van der Waals surface area contributed by atoms with E-state index in [1.165, 1.54) is 5.56 Å². The average molecular weight is 370 g/mol. The molecule has 0 aliphatic heterocycles. The molecule has 0 aliphatic carbocycles. The molecule has 0 saturated heterocycles. The van der Waals surface area contributed by atoms with Crippen LogP contribution in [-0.2, 0) is 29.1 Å². The van der Waals surface area contributed by atoms with Crippen molar-refractivity contribution in [2.24, 2.45) is 0 Å². The number of benzene rings is 1. The lowest BCUT2D eigenvalue weighted by Crippen LogP contribution is -2.25. The molecule has 0 aliphatic rings. The number of amides is 2. The van der Waals surface area contributed by atoms with Gasteiger partial charge in [0.1, 0.15) is 0 Å². The summed E-state index contributed by atoms with van der Waals surface area (Å²) in [5.41, 5.74) is 5.02. The molecule has 0 bridgehead atoms. The monoisotopic (exact) mass is 370 g/mol. The Morgan fingerprint density at radius 1 is 1.11 bits per heavy atom. The highest BCUT2D eigenvalue weighted by Gasteiger charge is 2.13. The van der Waals surface area contributed by atoms with Gasteiger partial charge in [0.2, 0.25) is 11.8 Å². The van der Waals surface area contributed by atoms with Crippen LogP contribution in [0.3, 0.4) is 0 Å². The third-order valence-electron chi connectivity index (χ3n) is 4.63. The molecule has 1 aromatic carbocycles. The molecule has 1 aromatic heterocycles. The van der Waals surface area contributed by atoms with Gasteiger partial charge in [-0.25, -0.2) is 0 Å². The summed E-state index contributed by atoms with van der Waals surface area (Å²) in [5.74, 6) is -0.281. The van der Waals surface area contributed by atoms with Crippen molar-refractivity contribution in [2.45, 2.75) is 66.5 Å². The fourth-order valence-corrected chi connectivity index (χ4v) is 3.01. The maximum absolute atomic E-state index is 12.1. The molecule has 0 atom stereocenters. The van der Waals surface area contributed by atoms with Gasteiger partial charge in [0.15, 0.2) is 0 Å². The average Bonchev–Trinajstić information content (AvgIpc) is 2.92. The Bertz CT molecular complexity index is 795. The highest BCUT2D eigenvalue weighted by Crippen LogP contribution is 2.14. The predicted octanol–water partition coefficient (Wildman–Crippen LogP) is 3.51. The van der Waals surface area contributed by atoms with E-state index in [2.05, 4.69) is 29.6 Å². The molecule has 0 radical (unpaired) electrons. The van der Waals surface area contributed by atoms with Crippen molar-refractivity contribution >= 4 is 17.5 Å². The van der Waals surface area contributed by atoms with E-state index in [1.54, 1.807) is 0 Å². The number of carbonyl (C=O) groups is 2. The van der Waals surface area contributed by atoms with Crippen LogP contribution in [0.25, 0.3) is 0 Å². The smallest absolute Gasteiger partial charge is 0.224 e. The lowest BCUT2D eigenvalue weighted by molar-refractivity contribution is -0.124. The molecule has 2 N–H and O–H groups in total. The number of anilines is 1. The first-order valence-electron chi connectivity index (χ1n) is 9.63. The molecule has 0 saturated carbocycles. The summed E-state index contributed by atoms with van der Waals surface area (Å²) in [5, 5.41) is 10.3. The van der Waals surface area contributed by atoms with Gasteiger partial charge in [-0.05, 0) is 44.4 Å². The summed E-state index contributed by atoms with van der Waals surface area (Å²) in [4.78, 5) is 24.2. The topological polar surface area (TPSA) is 76.0 Å². The SMILES string of the molecule is CCCn1nc(C)c(CNC(=O)CCC(=O)Nc2cccc(CC)c2)c1C. The van der Waals surface area contributed by atoms with Gasteiger partial charge in [0, 0.05) is 42.9 Å². The summed E-state index contributed by atoms with van der Waals surface area (Å²) in [6, 6.07) is 7.76. The van der Waals surface area contributed by atoms with Crippen molar-refractivity contribution in [2.75, 3.05) is 5.32 Å². The number of aromatic nitrogens is 2. The Morgan fingerprint density at radius 3 is 2.56 bits per heavy atom. The van der Waals surface area contributed by atoms with Gasteiger partial charge >= 0.3 is 0 Å². The molecule has 2 amide bonds. The normalized spacial score (nSPS) is 10.7. The molecule has 0 fully saturated rings. The van der Waals surface area contributed by atoms with Crippen LogP contribution in [0.4, 0.5) is 5.69 Å². The molecule has 1 heterocycles. The summed E-state index contributed by atoms with van der Waals surface area (Å²) in [6.45, 7) is 9.48. The Morgan fingerprint density at radius 2 is 1.85 bits per heavy atom. The second-order valence-corrected chi connectivity index (χ2v) is 6.75. The molecule has 27 heavy (non-hydrogen) atoms. The van der Waals surface area contributed by atoms with Crippen molar-refractivity contribution in [3.8, 4) is 0 Å². The van der Waals surface area contributed by atoms with E-state index in [9.17, 15) is 9.59 Å². The zero-order chi connectivity index (χ0) is 19.8. The van der Waals surface area contributed by atoms with Crippen molar-refractivity contribution in [1.82, 2.24) is 15.1 Å².